The van der Waals surface area contributed by atoms with Crippen LogP contribution >= 0.6 is 23.2 Å². The molecule has 3 N–H and O–H groups in total. The molecule has 0 saturated carbocycles. The molecule has 1 aromatic carbocycles. The van der Waals surface area contributed by atoms with E-state index in [0.29, 0.717) is 15.7 Å². The summed E-state index contributed by atoms with van der Waals surface area (Å²) >= 11 is 12.3. The van der Waals surface area contributed by atoms with Crippen LogP contribution in [0.3, 0.4) is 0 Å². The number of benzene rings is 1. The highest BCUT2D eigenvalue weighted by molar-refractivity contribution is 6.39. The van der Waals surface area contributed by atoms with Crippen LogP contribution in [0.1, 0.15) is 19.1 Å². The third-order valence-corrected chi connectivity index (χ3v) is 3.46. The second-order valence-electron chi connectivity index (χ2n) is 4.52. The monoisotopic (exact) mass is 298 g/mol. The van der Waals surface area contributed by atoms with Gasteiger partial charge in [-0.25, -0.2) is 0 Å². The highest BCUT2D eigenvalue weighted by atomic mass is 35.5. The normalized spacial score (nSPS) is 12.4. The van der Waals surface area contributed by atoms with Crippen LogP contribution in [0.15, 0.2) is 34.9 Å². The smallest absolute Gasteiger partial charge is 0.103 e. The molecule has 0 spiro atoms. The van der Waals surface area contributed by atoms with E-state index in [-0.39, 0.29) is 6.04 Å². The van der Waals surface area contributed by atoms with Crippen LogP contribution in [-0.4, -0.2) is 6.04 Å². The van der Waals surface area contributed by atoms with Crippen molar-refractivity contribution in [3.8, 4) is 0 Å². The average Bonchev–Trinajstić information content (AvgIpc) is 2.84. The maximum Gasteiger partial charge on any atom is 0.103 e. The predicted molar refractivity (Wildman–Crippen MR) is 81.0 cm³/mol. The Labute approximate surface area is 122 Å². The maximum absolute atomic E-state index is 6.13. The molecule has 3 nitrogen and oxygen atoms in total. The molecule has 2 rings (SSSR count). The Kier molecular flexibility index (Phi) is 4.61. The molecular formula is C14H16Cl2N2O. The van der Waals surface area contributed by atoms with Crippen LogP contribution in [0.5, 0.6) is 0 Å². The topological polar surface area (TPSA) is 51.2 Å². The van der Waals surface area contributed by atoms with Gasteiger partial charge in [-0.1, -0.05) is 23.2 Å². The molecule has 0 aliphatic heterocycles. The molecule has 2 aromatic rings. The molecule has 1 heterocycles. The van der Waals surface area contributed by atoms with Crippen LogP contribution in [0.4, 0.5) is 11.4 Å². The first-order valence-corrected chi connectivity index (χ1v) is 6.85. The summed E-state index contributed by atoms with van der Waals surface area (Å²) in [5.41, 5.74) is 6.96. The molecule has 19 heavy (non-hydrogen) atoms. The first-order valence-electron chi connectivity index (χ1n) is 6.09. The number of nitrogens with two attached hydrogens (primary N) is 1. The molecule has 0 aliphatic carbocycles. The fraction of sp³-hybridized carbons (Fsp3) is 0.286. The quantitative estimate of drug-likeness (QED) is 0.793. The lowest BCUT2D eigenvalue weighted by Crippen LogP contribution is -2.16. The summed E-state index contributed by atoms with van der Waals surface area (Å²) in [6, 6.07) is 7.46. The molecule has 1 atom stereocenters. The molecule has 0 fully saturated rings. The van der Waals surface area contributed by atoms with E-state index in [9.17, 15) is 0 Å². The SMILES string of the molecule is CC(CCc1ccco1)Nc1c(Cl)cc(N)cc1Cl. The second kappa shape index (κ2) is 6.22. The molecule has 1 aromatic heterocycles. The summed E-state index contributed by atoms with van der Waals surface area (Å²) in [5.74, 6) is 0.975. The van der Waals surface area contributed by atoms with E-state index in [0.717, 1.165) is 24.3 Å². The van der Waals surface area contributed by atoms with Crippen LogP contribution < -0.4 is 11.1 Å². The minimum absolute atomic E-state index is 0.226. The Morgan fingerprint density at radius 1 is 1.32 bits per heavy atom. The van der Waals surface area contributed by atoms with Crippen molar-refractivity contribution in [2.24, 2.45) is 0 Å². The number of rotatable bonds is 5. The van der Waals surface area contributed by atoms with Gasteiger partial charge in [-0.15, -0.1) is 0 Å². The van der Waals surface area contributed by atoms with Crippen LogP contribution in [-0.2, 0) is 6.42 Å². The molecule has 5 heteroatoms. The largest absolute Gasteiger partial charge is 0.469 e. The minimum Gasteiger partial charge on any atom is -0.469 e. The molecule has 0 amide bonds. The van der Waals surface area contributed by atoms with Crippen molar-refractivity contribution in [1.82, 2.24) is 0 Å². The van der Waals surface area contributed by atoms with Crippen molar-refractivity contribution in [1.29, 1.82) is 0 Å². The standard InChI is InChI=1S/C14H16Cl2N2O/c1-9(4-5-11-3-2-6-19-11)18-14-12(15)7-10(17)8-13(14)16/h2-3,6-9,18H,4-5,17H2,1H3. The number of nitrogen functional groups attached to an aromatic ring is 1. The lowest BCUT2D eigenvalue weighted by atomic mass is 10.1. The van der Waals surface area contributed by atoms with Gasteiger partial charge in [0.1, 0.15) is 5.76 Å². The van der Waals surface area contributed by atoms with Gasteiger partial charge in [0.25, 0.3) is 0 Å². The lowest BCUT2D eigenvalue weighted by Gasteiger charge is -2.17. The number of nitrogens with one attached hydrogen (secondary N) is 1. The molecule has 0 bridgehead atoms. The van der Waals surface area contributed by atoms with E-state index in [4.69, 9.17) is 33.4 Å². The number of hydrogen-bond acceptors (Lipinski definition) is 3. The number of anilines is 2. The Balaban J connectivity index is 1.97. The highest BCUT2D eigenvalue weighted by Crippen LogP contribution is 2.33. The van der Waals surface area contributed by atoms with Crippen LogP contribution in [0, 0.1) is 0 Å². The summed E-state index contributed by atoms with van der Waals surface area (Å²) < 4.78 is 5.30. The zero-order valence-electron chi connectivity index (χ0n) is 10.6. The zero-order valence-corrected chi connectivity index (χ0v) is 12.1. The van der Waals surface area contributed by atoms with E-state index in [1.165, 1.54) is 0 Å². The van der Waals surface area contributed by atoms with Crippen molar-refractivity contribution >= 4 is 34.6 Å². The fourth-order valence-corrected chi connectivity index (χ4v) is 2.48. The van der Waals surface area contributed by atoms with Gasteiger partial charge >= 0.3 is 0 Å². The Hall–Kier alpha value is -1.32. The third kappa shape index (κ3) is 3.82. The maximum atomic E-state index is 6.13. The highest BCUT2D eigenvalue weighted by Gasteiger charge is 2.11. The predicted octanol–water partition coefficient (Wildman–Crippen LogP) is 4.60. The average molecular weight is 299 g/mol. The summed E-state index contributed by atoms with van der Waals surface area (Å²) in [6.07, 6.45) is 3.47. The van der Waals surface area contributed by atoms with Crippen LogP contribution in [0.2, 0.25) is 10.0 Å². The van der Waals surface area contributed by atoms with Crippen molar-refractivity contribution in [3.05, 3.63) is 46.3 Å². The Morgan fingerprint density at radius 3 is 2.58 bits per heavy atom. The van der Waals surface area contributed by atoms with Gasteiger partial charge in [0.05, 0.1) is 22.0 Å². The summed E-state index contributed by atoms with van der Waals surface area (Å²) in [7, 11) is 0. The van der Waals surface area contributed by atoms with Gasteiger partial charge in [-0.3, -0.25) is 0 Å². The van der Waals surface area contributed by atoms with Crippen molar-refractivity contribution in [2.75, 3.05) is 11.1 Å². The molecule has 102 valence electrons. The van der Waals surface area contributed by atoms with Crippen LogP contribution in [0.25, 0.3) is 0 Å². The van der Waals surface area contributed by atoms with Crippen molar-refractivity contribution < 1.29 is 4.42 Å². The zero-order chi connectivity index (χ0) is 13.8. The van der Waals surface area contributed by atoms with Gasteiger partial charge < -0.3 is 15.5 Å². The number of hydrogen-bond donors (Lipinski definition) is 2. The first-order chi connectivity index (χ1) is 9.06. The lowest BCUT2D eigenvalue weighted by molar-refractivity contribution is 0.495. The molecular weight excluding hydrogens is 283 g/mol. The third-order valence-electron chi connectivity index (χ3n) is 2.86. The van der Waals surface area contributed by atoms with Crippen molar-refractivity contribution in [3.63, 3.8) is 0 Å². The number of halogens is 2. The molecule has 0 radical (unpaired) electrons. The van der Waals surface area contributed by atoms with Crippen molar-refractivity contribution in [2.45, 2.75) is 25.8 Å². The first kappa shape index (κ1) is 14.1. The van der Waals surface area contributed by atoms with Gasteiger partial charge in [0.15, 0.2) is 0 Å². The Bertz CT molecular complexity index is 517. The summed E-state index contributed by atoms with van der Waals surface area (Å²) in [4.78, 5) is 0. The Morgan fingerprint density at radius 2 is 2.00 bits per heavy atom. The van der Waals surface area contributed by atoms with E-state index < -0.39 is 0 Å². The number of furan rings is 1. The van der Waals surface area contributed by atoms with Gasteiger partial charge in [0, 0.05) is 18.2 Å². The summed E-state index contributed by atoms with van der Waals surface area (Å²) in [5, 5.41) is 4.38. The summed E-state index contributed by atoms with van der Waals surface area (Å²) in [6.45, 7) is 2.08. The number of aryl methyl sites for hydroxylation is 1. The van der Waals surface area contributed by atoms with E-state index in [1.807, 2.05) is 12.1 Å². The fourth-order valence-electron chi connectivity index (χ4n) is 1.86. The van der Waals surface area contributed by atoms with E-state index >= 15 is 0 Å². The molecule has 1 unspecified atom stereocenters. The minimum atomic E-state index is 0.226. The molecule has 0 aliphatic rings. The van der Waals surface area contributed by atoms with Gasteiger partial charge in [-0.2, -0.15) is 0 Å². The second-order valence-corrected chi connectivity index (χ2v) is 5.34. The van der Waals surface area contributed by atoms with Gasteiger partial charge in [0.2, 0.25) is 0 Å². The van der Waals surface area contributed by atoms with E-state index in [2.05, 4.69) is 12.2 Å². The van der Waals surface area contributed by atoms with Gasteiger partial charge in [-0.05, 0) is 37.6 Å². The molecule has 0 saturated heterocycles. The van der Waals surface area contributed by atoms with E-state index in [1.54, 1.807) is 18.4 Å².